The molecule has 4 N–H and O–H groups in total. The fourth-order valence-electron chi connectivity index (χ4n) is 3.65. The van der Waals surface area contributed by atoms with E-state index in [1.807, 2.05) is 43.3 Å². The van der Waals surface area contributed by atoms with Crippen LogP contribution in [0.15, 0.2) is 60.7 Å². The maximum absolute atomic E-state index is 12.4. The van der Waals surface area contributed by atoms with Crippen LogP contribution in [0.25, 0.3) is 0 Å². The van der Waals surface area contributed by atoms with E-state index in [-0.39, 0.29) is 11.9 Å². The van der Waals surface area contributed by atoms with E-state index in [2.05, 4.69) is 34.9 Å². The monoisotopic (exact) mass is 382 g/mol. The fraction of sp³-hybridized carbons (Fsp3) is 0.364. The van der Waals surface area contributed by atoms with Crippen molar-refractivity contribution in [3.8, 4) is 0 Å². The Labute approximate surface area is 166 Å². The minimum Gasteiger partial charge on any atom is -0.334 e. The Bertz CT molecular complexity index is 759. The lowest BCUT2D eigenvalue weighted by molar-refractivity contribution is -1.02. The van der Waals surface area contributed by atoms with Crippen molar-refractivity contribution in [3.63, 3.8) is 0 Å². The zero-order valence-electron chi connectivity index (χ0n) is 16.4. The summed E-state index contributed by atoms with van der Waals surface area (Å²) in [5, 5.41) is 5.22. The summed E-state index contributed by atoms with van der Waals surface area (Å²) >= 11 is 0. The fourth-order valence-corrected chi connectivity index (χ4v) is 3.65. The Morgan fingerprint density at radius 3 is 2.07 bits per heavy atom. The van der Waals surface area contributed by atoms with Crippen LogP contribution in [0.5, 0.6) is 0 Å². The summed E-state index contributed by atoms with van der Waals surface area (Å²) in [6, 6.07) is 19.5. The second kappa shape index (κ2) is 10.0. The highest BCUT2D eigenvalue weighted by molar-refractivity contribution is 5.96. The Morgan fingerprint density at radius 2 is 1.46 bits per heavy atom. The molecule has 6 heteroatoms. The second-order valence-corrected chi connectivity index (χ2v) is 7.45. The number of hydrogen-bond donors (Lipinski definition) is 4. The normalized spacial score (nSPS) is 20.2. The summed E-state index contributed by atoms with van der Waals surface area (Å²) in [5.74, 6) is -0.216. The van der Waals surface area contributed by atoms with Gasteiger partial charge in [0.05, 0.1) is 0 Å². The molecule has 0 aliphatic carbocycles. The van der Waals surface area contributed by atoms with Crippen LogP contribution in [-0.2, 0) is 17.9 Å². The van der Waals surface area contributed by atoms with E-state index in [0.717, 1.165) is 38.3 Å². The van der Waals surface area contributed by atoms with Crippen LogP contribution < -0.4 is 20.4 Å². The predicted octanol–water partition coefficient (Wildman–Crippen LogP) is -0.615. The summed E-state index contributed by atoms with van der Waals surface area (Å²) in [7, 11) is 0. The summed E-state index contributed by atoms with van der Waals surface area (Å²) in [4.78, 5) is 27.2. The maximum Gasteiger partial charge on any atom is 0.321 e. The summed E-state index contributed by atoms with van der Waals surface area (Å²) in [6.07, 6.45) is 0. The van der Waals surface area contributed by atoms with Gasteiger partial charge < -0.3 is 15.1 Å². The van der Waals surface area contributed by atoms with Crippen LogP contribution in [0.3, 0.4) is 0 Å². The molecule has 1 saturated heterocycles. The number of nitrogens with one attached hydrogen (secondary N) is 4. The Morgan fingerprint density at radius 1 is 0.893 bits per heavy atom. The third-order valence-electron chi connectivity index (χ3n) is 5.43. The summed E-state index contributed by atoms with van der Waals surface area (Å²) in [6.45, 7) is 7.26. The molecule has 0 radical (unpaired) electrons. The number of imide groups is 1. The van der Waals surface area contributed by atoms with Gasteiger partial charge in [-0.3, -0.25) is 10.1 Å². The van der Waals surface area contributed by atoms with E-state index in [0.29, 0.717) is 6.54 Å². The molecule has 0 bridgehead atoms. The van der Waals surface area contributed by atoms with E-state index in [1.165, 1.54) is 10.5 Å². The number of benzene rings is 2. The first-order chi connectivity index (χ1) is 13.6. The van der Waals surface area contributed by atoms with Gasteiger partial charge in [-0.15, -0.1) is 0 Å². The molecule has 3 amide bonds. The molecule has 1 fully saturated rings. The van der Waals surface area contributed by atoms with Gasteiger partial charge in [-0.2, -0.15) is 0 Å². The highest BCUT2D eigenvalue weighted by Gasteiger charge is 2.31. The van der Waals surface area contributed by atoms with E-state index in [1.54, 1.807) is 4.90 Å². The van der Waals surface area contributed by atoms with Crippen LogP contribution in [0, 0.1) is 0 Å². The Balaban J connectivity index is 1.39. The number of urea groups is 1. The number of rotatable bonds is 6. The van der Waals surface area contributed by atoms with Gasteiger partial charge in [-0.25, -0.2) is 4.79 Å². The molecule has 28 heavy (non-hydrogen) atoms. The van der Waals surface area contributed by atoms with E-state index in [9.17, 15) is 9.59 Å². The Kier molecular flexibility index (Phi) is 7.17. The van der Waals surface area contributed by atoms with Gasteiger partial charge in [0.1, 0.15) is 32.7 Å². The molecular weight excluding hydrogens is 352 g/mol. The molecule has 6 nitrogen and oxygen atoms in total. The van der Waals surface area contributed by atoms with Crippen molar-refractivity contribution in [2.45, 2.75) is 26.1 Å². The van der Waals surface area contributed by atoms with Crippen LogP contribution in [0.4, 0.5) is 4.79 Å². The first-order valence-corrected chi connectivity index (χ1v) is 9.96. The van der Waals surface area contributed by atoms with E-state index < -0.39 is 6.03 Å². The average Bonchev–Trinajstić information content (AvgIpc) is 2.74. The van der Waals surface area contributed by atoms with Gasteiger partial charge >= 0.3 is 6.03 Å². The lowest BCUT2D eigenvalue weighted by Gasteiger charge is -2.32. The lowest BCUT2D eigenvalue weighted by atomic mass is 10.1. The molecule has 2 aromatic carbocycles. The molecular formula is C22H30N4O2+2. The van der Waals surface area contributed by atoms with Crippen molar-refractivity contribution in [1.82, 2.24) is 10.6 Å². The molecule has 0 unspecified atom stereocenters. The number of hydrogen-bond acceptors (Lipinski definition) is 2. The highest BCUT2D eigenvalue weighted by atomic mass is 16.2. The van der Waals surface area contributed by atoms with Crippen LogP contribution in [0.1, 0.15) is 18.1 Å². The largest absolute Gasteiger partial charge is 0.334 e. The summed E-state index contributed by atoms with van der Waals surface area (Å²) in [5.41, 5.74) is 2.35. The van der Waals surface area contributed by atoms with Gasteiger partial charge in [-0.05, 0) is 12.5 Å². The zero-order chi connectivity index (χ0) is 19.8. The third kappa shape index (κ3) is 5.90. The minimum absolute atomic E-state index is 0.216. The summed E-state index contributed by atoms with van der Waals surface area (Å²) < 4.78 is 0. The average molecular weight is 383 g/mol. The SMILES string of the molecule is C[C@H](C(=O)NC(=O)NCc1ccccc1)[NH+]1CC[NH+](Cc2ccccc2)CC1. The first kappa shape index (κ1) is 20.0. The van der Waals surface area contributed by atoms with Crippen molar-refractivity contribution in [1.29, 1.82) is 0 Å². The molecule has 3 rings (SSSR count). The van der Waals surface area contributed by atoms with Crippen LogP contribution >= 0.6 is 0 Å². The second-order valence-electron chi connectivity index (χ2n) is 7.45. The molecule has 0 spiro atoms. The van der Waals surface area contributed by atoms with Gasteiger partial charge in [0.2, 0.25) is 0 Å². The number of carbonyl (C=O) groups excluding carboxylic acids is 2. The Hall–Kier alpha value is -2.70. The zero-order valence-corrected chi connectivity index (χ0v) is 16.4. The van der Waals surface area contributed by atoms with Crippen molar-refractivity contribution in [2.24, 2.45) is 0 Å². The number of carbonyl (C=O) groups is 2. The van der Waals surface area contributed by atoms with Gasteiger partial charge in [0.15, 0.2) is 6.04 Å². The number of quaternary nitrogens is 2. The van der Waals surface area contributed by atoms with Crippen LogP contribution in [0.2, 0.25) is 0 Å². The molecule has 1 aliphatic heterocycles. The minimum atomic E-state index is -0.437. The van der Waals surface area contributed by atoms with E-state index in [4.69, 9.17) is 0 Å². The quantitative estimate of drug-likeness (QED) is 0.538. The van der Waals surface area contributed by atoms with Crippen molar-refractivity contribution in [2.75, 3.05) is 26.2 Å². The standard InChI is InChI=1S/C22H28N4O2/c1-18(21(27)24-22(28)23-16-19-8-4-2-5-9-19)26-14-12-25(13-15-26)17-20-10-6-3-7-11-20/h2-11,18H,12-17H2,1H3,(H2,23,24,27,28)/p+2/t18-/m1/s1. The third-order valence-corrected chi connectivity index (χ3v) is 5.43. The van der Waals surface area contributed by atoms with Gasteiger partial charge in [0, 0.05) is 12.1 Å². The topological polar surface area (TPSA) is 67.1 Å². The predicted molar refractivity (Wildman–Crippen MR) is 108 cm³/mol. The number of piperazine rings is 1. The van der Waals surface area contributed by atoms with Crippen molar-refractivity contribution < 1.29 is 19.4 Å². The van der Waals surface area contributed by atoms with Gasteiger partial charge in [-0.1, -0.05) is 60.7 Å². The molecule has 2 aromatic rings. The smallest absolute Gasteiger partial charge is 0.321 e. The number of amides is 3. The first-order valence-electron chi connectivity index (χ1n) is 9.96. The van der Waals surface area contributed by atoms with Crippen molar-refractivity contribution >= 4 is 11.9 Å². The van der Waals surface area contributed by atoms with Gasteiger partial charge in [0.25, 0.3) is 5.91 Å². The lowest BCUT2D eigenvalue weighted by Crippen LogP contribution is -3.29. The van der Waals surface area contributed by atoms with Crippen LogP contribution in [-0.4, -0.2) is 44.2 Å². The molecule has 1 atom stereocenters. The van der Waals surface area contributed by atoms with E-state index >= 15 is 0 Å². The highest BCUT2D eigenvalue weighted by Crippen LogP contribution is 1.97. The molecule has 148 valence electrons. The van der Waals surface area contributed by atoms with Crippen molar-refractivity contribution in [3.05, 3.63) is 71.8 Å². The molecule has 0 aromatic heterocycles. The molecule has 1 heterocycles. The molecule has 0 saturated carbocycles. The maximum atomic E-state index is 12.4. The molecule has 1 aliphatic rings.